The number of piperidine rings is 1. The summed E-state index contributed by atoms with van der Waals surface area (Å²) in [5.41, 5.74) is 2.16. The average molecular weight is 500 g/mol. The highest BCUT2D eigenvalue weighted by Crippen LogP contribution is 2.22. The highest BCUT2D eigenvalue weighted by atomic mass is 127. The fraction of sp³-hybridized carbons (Fsp3) is 0.619. The first-order chi connectivity index (χ1) is 13.2. The molecule has 1 amide bonds. The zero-order valence-electron chi connectivity index (χ0n) is 17.0. The number of carbonyl (C=O) groups excluding carboxylic acids is 1. The number of amides is 1. The average Bonchev–Trinajstić information content (AvgIpc) is 3.15. The molecule has 3 rings (SSSR count). The van der Waals surface area contributed by atoms with E-state index < -0.39 is 0 Å². The molecule has 2 fully saturated rings. The van der Waals surface area contributed by atoms with Gasteiger partial charge >= 0.3 is 0 Å². The van der Waals surface area contributed by atoms with E-state index in [1.165, 1.54) is 0 Å². The van der Waals surface area contributed by atoms with Crippen LogP contribution in [0.3, 0.4) is 0 Å². The van der Waals surface area contributed by atoms with Crippen LogP contribution in [0.2, 0.25) is 0 Å². The predicted molar refractivity (Wildman–Crippen MR) is 124 cm³/mol. The van der Waals surface area contributed by atoms with Crippen molar-refractivity contribution in [3.8, 4) is 0 Å². The number of likely N-dealkylation sites (tertiary alicyclic amines) is 1. The minimum Gasteiger partial charge on any atom is -0.384 e. The number of halogens is 1. The number of anilines is 1. The predicted octanol–water partition coefficient (Wildman–Crippen LogP) is 3.26. The molecule has 0 radical (unpaired) electrons. The molecule has 1 unspecified atom stereocenters. The van der Waals surface area contributed by atoms with Crippen molar-refractivity contribution in [3.05, 3.63) is 29.8 Å². The van der Waals surface area contributed by atoms with Crippen molar-refractivity contribution in [3.63, 3.8) is 0 Å². The molecule has 0 bridgehead atoms. The maximum absolute atomic E-state index is 12.1. The van der Waals surface area contributed by atoms with Crippen LogP contribution in [0.5, 0.6) is 0 Å². The van der Waals surface area contributed by atoms with E-state index in [-0.39, 0.29) is 29.9 Å². The van der Waals surface area contributed by atoms with E-state index in [1.54, 1.807) is 7.11 Å². The molecule has 6 nitrogen and oxygen atoms in total. The Morgan fingerprint density at radius 3 is 2.71 bits per heavy atom. The van der Waals surface area contributed by atoms with Crippen molar-refractivity contribution in [2.75, 3.05) is 44.8 Å². The lowest BCUT2D eigenvalue weighted by Gasteiger charge is -2.26. The van der Waals surface area contributed by atoms with Crippen molar-refractivity contribution in [1.82, 2.24) is 10.2 Å². The van der Waals surface area contributed by atoms with Gasteiger partial charge in [-0.2, -0.15) is 0 Å². The number of guanidine groups is 1. The number of methoxy groups -OCH3 is 1. The van der Waals surface area contributed by atoms with Crippen molar-refractivity contribution in [2.24, 2.45) is 10.9 Å². The lowest BCUT2D eigenvalue weighted by Crippen LogP contribution is -2.40. The van der Waals surface area contributed by atoms with Gasteiger partial charge in [-0.1, -0.05) is 12.1 Å². The molecular weight excluding hydrogens is 467 g/mol. The molecule has 1 atom stereocenters. The lowest BCUT2D eigenvalue weighted by atomic mass is 10.1. The van der Waals surface area contributed by atoms with E-state index in [2.05, 4.69) is 29.3 Å². The van der Waals surface area contributed by atoms with E-state index in [0.717, 1.165) is 69.3 Å². The Bertz CT molecular complexity index is 650. The van der Waals surface area contributed by atoms with Gasteiger partial charge in [0.2, 0.25) is 5.91 Å². The van der Waals surface area contributed by atoms with E-state index in [1.807, 2.05) is 17.0 Å². The monoisotopic (exact) mass is 500 g/mol. The second-order valence-corrected chi connectivity index (χ2v) is 7.40. The van der Waals surface area contributed by atoms with E-state index in [9.17, 15) is 4.79 Å². The Morgan fingerprint density at radius 1 is 1.25 bits per heavy atom. The van der Waals surface area contributed by atoms with Gasteiger partial charge in [-0.3, -0.25) is 4.79 Å². The molecule has 0 spiro atoms. The Balaban J connectivity index is 0.00000280. The van der Waals surface area contributed by atoms with Crippen molar-refractivity contribution >= 4 is 41.5 Å². The summed E-state index contributed by atoms with van der Waals surface area (Å²) in [4.78, 5) is 21.1. The standard InChI is InChI=1S/C21H32N4O2.HI/c1-3-22-21(24-13-11-18(15-24)16-27-2)23-14-17-7-9-19(10-8-17)25-12-5-4-6-20(25)26;/h7-10,18H,3-6,11-16H2,1-2H3,(H,22,23);1H. The van der Waals surface area contributed by atoms with Crippen LogP contribution in [0.25, 0.3) is 0 Å². The zero-order valence-corrected chi connectivity index (χ0v) is 19.4. The van der Waals surface area contributed by atoms with Gasteiger partial charge in [0, 0.05) is 51.3 Å². The van der Waals surface area contributed by atoms with Gasteiger partial charge in [0.1, 0.15) is 0 Å². The Hall–Kier alpha value is -1.35. The molecule has 1 aromatic carbocycles. The second kappa shape index (κ2) is 11.6. The summed E-state index contributed by atoms with van der Waals surface area (Å²) >= 11 is 0. The number of carbonyl (C=O) groups is 1. The smallest absolute Gasteiger partial charge is 0.226 e. The fourth-order valence-electron chi connectivity index (χ4n) is 3.85. The third-order valence-electron chi connectivity index (χ3n) is 5.31. The quantitative estimate of drug-likeness (QED) is 0.370. The molecule has 0 aliphatic carbocycles. The highest BCUT2D eigenvalue weighted by molar-refractivity contribution is 14.0. The van der Waals surface area contributed by atoms with Crippen LogP contribution >= 0.6 is 24.0 Å². The number of nitrogens with zero attached hydrogens (tertiary/aromatic N) is 3. The number of benzene rings is 1. The van der Waals surface area contributed by atoms with Gasteiger partial charge in [0.05, 0.1) is 13.2 Å². The Morgan fingerprint density at radius 2 is 2.04 bits per heavy atom. The summed E-state index contributed by atoms with van der Waals surface area (Å²) in [5, 5.41) is 3.41. The Labute approximate surface area is 185 Å². The van der Waals surface area contributed by atoms with Crippen LogP contribution in [0.15, 0.2) is 29.3 Å². The van der Waals surface area contributed by atoms with Gasteiger partial charge in [0.25, 0.3) is 0 Å². The molecule has 1 N–H and O–H groups in total. The van der Waals surface area contributed by atoms with Gasteiger partial charge in [-0.25, -0.2) is 4.99 Å². The summed E-state index contributed by atoms with van der Waals surface area (Å²) in [6.07, 6.45) is 3.91. The van der Waals surface area contributed by atoms with Crippen molar-refractivity contribution in [1.29, 1.82) is 0 Å². The molecule has 7 heteroatoms. The molecule has 1 aromatic rings. The zero-order chi connectivity index (χ0) is 19.1. The van der Waals surface area contributed by atoms with Crippen molar-refractivity contribution < 1.29 is 9.53 Å². The summed E-state index contributed by atoms with van der Waals surface area (Å²) in [7, 11) is 1.77. The number of nitrogens with one attached hydrogen (secondary N) is 1. The second-order valence-electron chi connectivity index (χ2n) is 7.40. The number of ether oxygens (including phenoxy) is 1. The first kappa shape index (κ1) is 22.9. The summed E-state index contributed by atoms with van der Waals surface area (Å²) in [6, 6.07) is 8.26. The van der Waals surface area contributed by atoms with Gasteiger partial charge in [-0.05, 0) is 43.9 Å². The summed E-state index contributed by atoms with van der Waals surface area (Å²) in [6.45, 7) is 7.27. The molecule has 0 aromatic heterocycles. The molecule has 2 saturated heterocycles. The van der Waals surface area contributed by atoms with Crippen molar-refractivity contribution in [2.45, 2.75) is 39.2 Å². The number of hydrogen-bond acceptors (Lipinski definition) is 3. The summed E-state index contributed by atoms with van der Waals surface area (Å²) in [5.74, 6) is 1.80. The van der Waals surface area contributed by atoms with E-state index >= 15 is 0 Å². The molecular formula is C21H33IN4O2. The molecule has 2 aliphatic heterocycles. The minimum atomic E-state index is 0. The fourth-order valence-corrected chi connectivity index (χ4v) is 3.85. The maximum atomic E-state index is 12.1. The van der Waals surface area contributed by atoms with Gasteiger partial charge in [-0.15, -0.1) is 24.0 Å². The lowest BCUT2D eigenvalue weighted by molar-refractivity contribution is -0.119. The third kappa shape index (κ3) is 6.07. The van der Waals surface area contributed by atoms with Crippen LogP contribution in [0.1, 0.15) is 38.2 Å². The SMILES string of the molecule is CCNC(=NCc1ccc(N2CCCCC2=O)cc1)N1CCC(COC)C1.I. The molecule has 0 saturated carbocycles. The first-order valence-corrected chi connectivity index (χ1v) is 10.1. The number of hydrogen-bond donors (Lipinski definition) is 1. The van der Waals surface area contributed by atoms with Crippen LogP contribution in [-0.2, 0) is 16.1 Å². The third-order valence-corrected chi connectivity index (χ3v) is 5.31. The van der Waals surface area contributed by atoms with Crippen LogP contribution in [-0.4, -0.2) is 56.7 Å². The number of aliphatic imine (C=N–C) groups is 1. The van der Waals surface area contributed by atoms with Crippen LogP contribution in [0, 0.1) is 5.92 Å². The van der Waals surface area contributed by atoms with E-state index in [4.69, 9.17) is 9.73 Å². The first-order valence-electron chi connectivity index (χ1n) is 10.1. The van der Waals surface area contributed by atoms with Crippen LogP contribution in [0.4, 0.5) is 5.69 Å². The Kier molecular flexibility index (Phi) is 9.50. The molecule has 2 aliphatic rings. The molecule has 28 heavy (non-hydrogen) atoms. The molecule has 2 heterocycles. The topological polar surface area (TPSA) is 57.2 Å². The maximum Gasteiger partial charge on any atom is 0.226 e. The van der Waals surface area contributed by atoms with Gasteiger partial charge in [0.15, 0.2) is 5.96 Å². The molecule has 156 valence electrons. The largest absolute Gasteiger partial charge is 0.384 e. The van der Waals surface area contributed by atoms with Gasteiger partial charge < -0.3 is 19.9 Å². The number of rotatable bonds is 6. The highest BCUT2D eigenvalue weighted by Gasteiger charge is 2.24. The minimum absolute atomic E-state index is 0. The van der Waals surface area contributed by atoms with E-state index in [0.29, 0.717) is 18.9 Å². The summed E-state index contributed by atoms with van der Waals surface area (Å²) < 4.78 is 5.30. The normalized spacial score (nSPS) is 20.3. The van der Waals surface area contributed by atoms with Crippen LogP contribution < -0.4 is 10.2 Å².